The van der Waals surface area contributed by atoms with Crippen LogP contribution in [0.3, 0.4) is 0 Å². The number of alkyl halides is 3. The van der Waals surface area contributed by atoms with Gasteiger partial charge >= 0.3 is 12.1 Å². The molecule has 0 fully saturated rings. The summed E-state index contributed by atoms with van der Waals surface area (Å²) in [7, 11) is -3.72. The molecule has 0 spiro atoms. The van der Waals surface area contributed by atoms with Gasteiger partial charge in [0.1, 0.15) is 0 Å². The van der Waals surface area contributed by atoms with Crippen molar-refractivity contribution in [3.8, 4) is 0 Å². The third kappa shape index (κ3) is 6.88. The Bertz CT molecular complexity index is 624. The van der Waals surface area contributed by atoms with Crippen molar-refractivity contribution in [1.29, 1.82) is 0 Å². The fraction of sp³-hybridized carbons (Fsp3) is 0.533. The van der Waals surface area contributed by atoms with Crippen molar-refractivity contribution in [3.05, 3.63) is 29.8 Å². The van der Waals surface area contributed by atoms with Crippen LogP contribution in [0.1, 0.15) is 25.3 Å². The van der Waals surface area contributed by atoms with Crippen molar-refractivity contribution in [2.24, 2.45) is 0 Å². The van der Waals surface area contributed by atoms with Gasteiger partial charge in [-0.3, -0.25) is 4.79 Å². The number of hydrogen-bond acceptors (Lipinski definition) is 5. The molecule has 1 rings (SSSR count). The standard InChI is InChI=1S/C15H19F3O5S/c1-2-23-14(19)4-3-9-22-10-11-24(20,21)13-7-5-12(6-8-13)15(16,17)18/h5-8H,2-4,9-11H2,1H3. The van der Waals surface area contributed by atoms with Crippen molar-refractivity contribution < 1.29 is 35.9 Å². The summed E-state index contributed by atoms with van der Waals surface area (Å²) in [5.41, 5.74) is -0.906. The Morgan fingerprint density at radius 3 is 2.29 bits per heavy atom. The second-order valence-electron chi connectivity index (χ2n) is 4.86. The summed E-state index contributed by atoms with van der Waals surface area (Å²) in [5.74, 6) is -0.698. The van der Waals surface area contributed by atoms with Gasteiger partial charge in [0.15, 0.2) is 9.84 Å². The number of hydrogen-bond donors (Lipinski definition) is 0. The van der Waals surface area contributed by atoms with Gasteiger partial charge in [-0.2, -0.15) is 13.2 Å². The Balaban J connectivity index is 2.40. The third-order valence-electron chi connectivity index (χ3n) is 3.01. The lowest BCUT2D eigenvalue weighted by atomic mass is 10.2. The number of halogens is 3. The number of benzene rings is 1. The van der Waals surface area contributed by atoms with Crippen LogP contribution in [-0.4, -0.2) is 40.0 Å². The van der Waals surface area contributed by atoms with E-state index in [0.717, 1.165) is 24.3 Å². The summed E-state index contributed by atoms with van der Waals surface area (Å²) in [5, 5.41) is 0. The van der Waals surface area contributed by atoms with E-state index in [1.165, 1.54) is 0 Å². The van der Waals surface area contributed by atoms with E-state index in [0.29, 0.717) is 13.0 Å². The predicted octanol–water partition coefficient (Wildman–Crippen LogP) is 2.84. The zero-order valence-electron chi connectivity index (χ0n) is 13.1. The van der Waals surface area contributed by atoms with Crippen LogP contribution in [0.15, 0.2) is 29.2 Å². The number of carbonyl (C=O) groups is 1. The van der Waals surface area contributed by atoms with Gasteiger partial charge < -0.3 is 9.47 Å². The van der Waals surface area contributed by atoms with Crippen LogP contribution >= 0.6 is 0 Å². The molecule has 0 saturated heterocycles. The lowest BCUT2D eigenvalue weighted by Crippen LogP contribution is -2.14. The van der Waals surface area contributed by atoms with Crippen LogP contribution in [0.5, 0.6) is 0 Å². The maximum atomic E-state index is 12.4. The average molecular weight is 368 g/mol. The monoisotopic (exact) mass is 368 g/mol. The van der Waals surface area contributed by atoms with E-state index in [2.05, 4.69) is 0 Å². The van der Waals surface area contributed by atoms with E-state index in [9.17, 15) is 26.4 Å². The Morgan fingerprint density at radius 2 is 1.75 bits per heavy atom. The molecule has 0 saturated carbocycles. The van der Waals surface area contributed by atoms with E-state index < -0.39 is 21.6 Å². The van der Waals surface area contributed by atoms with Gasteiger partial charge in [-0.1, -0.05) is 0 Å². The van der Waals surface area contributed by atoms with Crippen molar-refractivity contribution in [1.82, 2.24) is 0 Å². The molecule has 0 aliphatic heterocycles. The van der Waals surface area contributed by atoms with E-state index in [-0.39, 0.29) is 36.3 Å². The van der Waals surface area contributed by atoms with Gasteiger partial charge in [0.2, 0.25) is 0 Å². The second kappa shape index (κ2) is 9.03. The highest BCUT2D eigenvalue weighted by atomic mass is 32.2. The first-order valence-corrected chi connectivity index (χ1v) is 8.95. The van der Waals surface area contributed by atoms with E-state index in [4.69, 9.17) is 9.47 Å². The summed E-state index contributed by atoms with van der Waals surface area (Å²) in [6.07, 6.45) is -3.93. The average Bonchev–Trinajstić information content (AvgIpc) is 2.50. The zero-order valence-corrected chi connectivity index (χ0v) is 14.0. The summed E-state index contributed by atoms with van der Waals surface area (Å²) in [6.45, 7) is 2.08. The molecule has 1 aromatic rings. The normalized spacial score (nSPS) is 12.2. The van der Waals surface area contributed by atoms with Crippen LogP contribution in [0.25, 0.3) is 0 Å². The molecule has 136 valence electrons. The molecule has 0 amide bonds. The predicted molar refractivity (Wildman–Crippen MR) is 80.2 cm³/mol. The van der Waals surface area contributed by atoms with Gasteiger partial charge in [-0.25, -0.2) is 8.42 Å². The van der Waals surface area contributed by atoms with Gasteiger partial charge in [0.25, 0.3) is 0 Å². The molecule has 0 unspecified atom stereocenters. The first kappa shape index (κ1) is 20.4. The lowest BCUT2D eigenvalue weighted by Gasteiger charge is -2.09. The molecule has 0 bridgehead atoms. The number of ether oxygens (including phenoxy) is 2. The minimum absolute atomic E-state index is 0.105. The molecule has 0 aliphatic carbocycles. The number of sulfone groups is 1. The summed E-state index contributed by atoms with van der Waals surface area (Å²) < 4.78 is 71.1. The molecule has 0 aromatic heterocycles. The Hall–Kier alpha value is -1.61. The molecular formula is C15H19F3O5S. The molecule has 1 aromatic carbocycles. The van der Waals surface area contributed by atoms with Crippen LogP contribution < -0.4 is 0 Å². The quantitative estimate of drug-likeness (QED) is 0.495. The Morgan fingerprint density at radius 1 is 1.12 bits per heavy atom. The first-order valence-electron chi connectivity index (χ1n) is 7.30. The van der Waals surface area contributed by atoms with E-state index in [1.807, 2.05) is 0 Å². The van der Waals surface area contributed by atoms with Gasteiger partial charge in [0, 0.05) is 13.0 Å². The lowest BCUT2D eigenvalue weighted by molar-refractivity contribution is -0.143. The van der Waals surface area contributed by atoms with Crippen LogP contribution in [0.2, 0.25) is 0 Å². The van der Waals surface area contributed by atoms with Crippen molar-refractivity contribution in [2.45, 2.75) is 30.8 Å². The summed E-state index contributed by atoms with van der Waals surface area (Å²) in [6, 6.07) is 3.32. The topological polar surface area (TPSA) is 69.7 Å². The van der Waals surface area contributed by atoms with Crippen LogP contribution in [0.4, 0.5) is 13.2 Å². The van der Waals surface area contributed by atoms with Gasteiger partial charge in [-0.05, 0) is 37.6 Å². The first-order chi connectivity index (χ1) is 11.2. The highest BCUT2D eigenvalue weighted by Crippen LogP contribution is 2.29. The fourth-order valence-corrected chi connectivity index (χ4v) is 2.92. The highest BCUT2D eigenvalue weighted by Gasteiger charge is 2.30. The third-order valence-corrected chi connectivity index (χ3v) is 4.71. The maximum absolute atomic E-state index is 12.4. The smallest absolute Gasteiger partial charge is 0.416 e. The molecule has 9 heteroatoms. The summed E-state index contributed by atoms with van der Waals surface area (Å²) in [4.78, 5) is 10.9. The number of rotatable bonds is 9. The second-order valence-corrected chi connectivity index (χ2v) is 6.97. The maximum Gasteiger partial charge on any atom is 0.416 e. The summed E-state index contributed by atoms with van der Waals surface area (Å²) >= 11 is 0. The number of carbonyl (C=O) groups excluding carboxylic acids is 1. The Kier molecular flexibility index (Phi) is 7.68. The van der Waals surface area contributed by atoms with Crippen molar-refractivity contribution in [2.75, 3.05) is 25.6 Å². The largest absolute Gasteiger partial charge is 0.466 e. The molecular weight excluding hydrogens is 349 g/mol. The van der Waals surface area contributed by atoms with Crippen LogP contribution in [0, 0.1) is 0 Å². The molecule has 0 atom stereocenters. The molecule has 0 N–H and O–H groups in total. The fourth-order valence-electron chi connectivity index (χ4n) is 1.79. The van der Waals surface area contributed by atoms with Crippen molar-refractivity contribution in [3.63, 3.8) is 0 Å². The molecule has 0 aliphatic rings. The zero-order chi connectivity index (χ0) is 18.2. The molecule has 5 nitrogen and oxygen atoms in total. The van der Waals surface area contributed by atoms with Gasteiger partial charge in [-0.15, -0.1) is 0 Å². The van der Waals surface area contributed by atoms with E-state index in [1.54, 1.807) is 6.92 Å². The minimum atomic E-state index is -4.51. The van der Waals surface area contributed by atoms with Gasteiger partial charge in [0.05, 0.1) is 29.4 Å². The SMILES string of the molecule is CCOC(=O)CCCOCCS(=O)(=O)c1ccc(C(F)(F)F)cc1. The Labute approximate surface area is 138 Å². The number of esters is 1. The molecule has 24 heavy (non-hydrogen) atoms. The molecule has 0 radical (unpaired) electrons. The van der Waals surface area contributed by atoms with Crippen molar-refractivity contribution >= 4 is 15.8 Å². The molecule has 0 heterocycles. The minimum Gasteiger partial charge on any atom is -0.466 e. The van der Waals surface area contributed by atoms with E-state index >= 15 is 0 Å². The highest BCUT2D eigenvalue weighted by molar-refractivity contribution is 7.91. The van der Waals surface area contributed by atoms with Crippen LogP contribution in [-0.2, 0) is 30.3 Å².